The number of benzene rings is 2. The van der Waals surface area contributed by atoms with E-state index in [9.17, 15) is 13.6 Å². The van der Waals surface area contributed by atoms with E-state index in [2.05, 4.69) is 10.2 Å². The van der Waals surface area contributed by atoms with Crippen molar-refractivity contribution < 1.29 is 13.6 Å². The Kier molecular flexibility index (Phi) is 5.01. The number of carbonyl (C=O) groups is 1. The van der Waals surface area contributed by atoms with Gasteiger partial charge in [-0.05, 0) is 36.8 Å². The fourth-order valence-electron chi connectivity index (χ4n) is 2.67. The summed E-state index contributed by atoms with van der Waals surface area (Å²) in [4.78, 5) is 14.3. The minimum Gasteiger partial charge on any atom is -0.322 e. The molecule has 1 amide bonds. The molecule has 0 saturated carbocycles. The second-order valence-corrected chi connectivity index (χ2v) is 5.77. The molecule has 1 aliphatic heterocycles. The third-order valence-electron chi connectivity index (χ3n) is 4.04. The Morgan fingerprint density at radius 2 is 1.83 bits per heavy atom. The van der Waals surface area contributed by atoms with Crippen LogP contribution in [0.25, 0.3) is 0 Å². The van der Waals surface area contributed by atoms with Gasteiger partial charge < -0.3 is 5.32 Å². The van der Waals surface area contributed by atoms with E-state index in [0.29, 0.717) is 42.9 Å². The molecule has 0 aliphatic carbocycles. The Bertz CT molecular complexity index is 756. The van der Waals surface area contributed by atoms with Crippen LogP contribution in [0.4, 0.5) is 14.5 Å². The van der Waals surface area contributed by atoms with Crippen LogP contribution >= 0.6 is 0 Å². The molecule has 1 heterocycles. The highest BCUT2D eigenvalue weighted by molar-refractivity contribution is 6.03. The van der Waals surface area contributed by atoms with Crippen LogP contribution in [0.3, 0.4) is 0 Å². The molecule has 0 saturated heterocycles. The fraction of sp³-hybridized carbons (Fsp3) is 0.211. The van der Waals surface area contributed by atoms with Gasteiger partial charge in [-0.15, -0.1) is 0 Å². The van der Waals surface area contributed by atoms with Gasteiger partial charge in [0.15, 0.2) is 0 Å². The Hall–Kier alpha value is -2.53. The number of nitrogens with one attached hydrogen (secondary N) is 1. The van der Waals surface area contributed by atoms with Crippen molar-refractivity contribution in [3.63, 3.8) is 0 Å². The first-order valence-corrected chi connectivity index (χ1v) is 7.83. The number of anilines is 1. The van der Waals surface area contributed by atoms with Crippen LogP contribution in [0.2, 0.25) is 0 Å². The molecular formula is C19H18F2N2O. The van der Waals surface area contributed by atoms with Crippen molar-refractivity contribution in [1.29, 1.82) is 0 Å². The average molecular weight is 328 g/mol. The van der Waals surface area contributed by atoms with E-state index in [0.717, 1.165) is 0 Å². The van der Waals surface area contributed by atoms with Gasteiger partial charge in [-0.3, -0.25) is 9.69 Å². The molecule has 124 valence electrons. The zero-order valence-electron chi connectivity index (χ0n) is 13.1. The van der Waals surface area contributed by atoms with E-state index in [-0.39, 0.29) is 17.5 Å². The van der Waals surface area contributed by atoms with Crippen LogP contribution in [-0.4, -0.2) is 23.9 Å². The van der Waals surface area contributed by atoms with Crippen molar-refractivity contribution in [2.45, 2.75) is 13.0 Å². The maximum atomic E-state index is 13.7. The van der Waals surface area contributed by atoms with Gasteiger partial charge in [0.2, 0.25) is 0 Å². The number of carbonyl (C=O) groups excluding carboxylic acids is 1. The van der Waals surface area contributed by atoms with E-state index in [1.165, 1.54) is 30.3 Å². The maximum absolute atomic E-state index is 13.7. The molecule has 0 radical (unpaired) electrons. The van der Waals surface area contributed by atoms with Gasteiger partial charge in [-0.2, -0.15) is 0 Å². The largest absolute Gasteiger partial charge is 0.322 e. The van der Waals surface area contributed by atoms with Crippen molar-refractivity contribution in [2.24, 2.45) is 0 Å². The van der Waals surface area contributed by atoms with Crippen molar-refractivity contribution in [3.05, 3.63) is 77.4 Å². The lowest BCUT2D eigenvalue weighted by Crippen LogP contribution is -2.31. The van der Waals surface area contributed by atoms with Gasteiger partial charge in [0.1, 0.15) is 11.6 Å². The molecular weight excluding hydrogens is 310 g/mol. The van der Waals surface area contributed by atoms with Gasteiger partial charge in [0.05, 0.1) is 0 Å². The van der Waals surface area contributed by atoms with E-state index < -0.39 is 0 Å². The lowest BCUT2D eigenvalue weighted by atomic mass is 10.1. The topological polar surface area (TPSA) is 32.3 Å². The number of halogens is 2. The zero-order valence-corrected chi connectivity index (χ0v) is 13.1. The lowest BCUT2D eigenvalue weighted by molar-refractivity contribution is -0.113. The molecule has 24 heavy (non-hydrogen) atoms. The third-order valence-corrected chi connectivity index (χ3v) is 4.04. The summed E-state index contributed by atoms with van der Waals surface area (Å²) in [5, 5.41) is 2.76. The van der Waals surface area contributed by atoms with Gasteiger partial charge in [-0.25, -0.2) is 8.78 Å². The van der Waals surface area contributed by atoms with E-state index in [1.54, 1.807) is 12.1 Å². The normalized spacial score (nSPS) is 15.0. The van der Waals surface area contributed by atoms with E-state index in [4.69, 9.17) is 0 Å². The van der Waals surface area contributed by atoms with Gasteiger partial charge in [-0.1, -0.05) is 24.3 Å². The number of rotatable bonds is 4. The number of hydrogen-bond acceptors (Lipinski definition) is 2. The van der Waals surface area contributed by atoms with Crippen molar-refractivity contribution >= 4 is 11.6 Å². The summed E-state index contributed by atoms with van der Waals surface area (Å²) in [6.07, 6.45) is 2.46. The smallest absolute Gasteiger partial charge is 0.251 e. The predicted octanol–water partition coefficient (Wildman–Crippen LogP) is 3.74. The third kappa shape index (κ3) is 4.06. The Balaban J connectivity index is 1.57. The highest BCUT2D eigenvalue weighted by Crippen LogP contribution is 2.17. The number of amides is 1. The molecule has 1 aliphatic rings. The Morgan fingerprint density at radius 1 is 1.08 bits per heavy atom. The molecule has 5 heteroatoms. The SMILES string of the molecule is O=C(Nc1ccc(F)cc1)C1=CCN(Cc2ccccc2F)CC1. The molecule has 0 aromatic heterocycles. The monoisotopic (exact) mass is 328 g/mol. The summed E-state index contributed by atoms with van der Waals surface area (Å²) >= 11 is 0. The highest BCUT2D eigenvalue weighted by atomic mass is 19.1. The molecule has 0 atom stereocenters. The van der Waals surface area contributed by atoms with Crippen LogP contribution in [-0.2, 0) is 11.3 Å². The Labute approximate surface area is 139 Å². The number of hydrogen-bond donors (Lipinski definition) is 1. The first kappa shape index (κ1) is 16.3. The molecule has 2 aromatic carbocycles. The summed E-state index contributed by atoms with van der Waals surface area (Å²) < 4.78 is 26.6. The van der Waals surface area contributed by atoms with Crippen LogP contribution in [0.5, 0.6) is 0 Å². The maximum Gasteiger partial charge on any atom is 0.251 e. The van der Waals surface area contributed by atoms with Gasteiger partial charge in [0.25, 0.3) is 5.91 Å². The van der Waals surface area contributed by atoms with Crippen molar-refractivity contribution in [3.8, 4) is 0 Å². The first-order chi connectivity index (χ1) is 11.6. The number of nitrogens with zero attached hydrogens (tertiary/aromatic N) is 1. The minimum atomic E-state index is -0.339. The summed E-state index contributed by atoms with van der Waals surface area (Å²) in [5.41, 5.74) is 1.92. The van der Waals surface area contributed by atoms with Crippen LogP contribution in [0, 0.1) is 11.6 Å². The zero-order chi connectivity index (χ0) is 16.9. The van der Waals surface area contributed by atoms with Gasteiger partial charge in [0, 0.05) is 36.5 Å². The van der Waals surface area contributed by atoms with Crippen molar-refractivity contribution in [1.82, 2.24) is 4.90 Å². The molecule has 0 fully saturated rings. The lowest BCUT2D eigenvalue weighted by Gasteiger charge is -2.26. The highest BCUT2D eigenvalue weighted by Gasteiger charge is 2.18. The van der Waals surface area contributed by atoms with Gasteiger partial charge >= 0.3 is 0 Å². The fourth-order valence-corrected chi connectivity index (χ4v) is 2.67. The molecule has 1 N–H and O–H groups in total. The predicted molar refractivity (Wildman–Crippen MR) is 89.4 cm³/mol. The average Bonchev–Trinajstić information content (AvgIpc) is 2.59. The van der Waals surface area contributed by atoms with E-state index in [1.807, 2.05) is 12.1 Å². The summed E-state index contributed by atoms with van der Waals surface area (Å²) in [7, 11) is 0. The Morgan fingerprint density at radius 3 is 2.50 bits per heavy atom. The van der Waals surface area contributed by atoms with Crippen molar-refractivity contribution in [2.75, 3.05) is 18.4 Å². The van der Waals surface area contributed by atoms with Crippen LogP contribution in [0.15, 0.2) is 60.2 Å². The molecule has 2 aromatic rings. The first-order valence-electron chi connectivity index (χ1n) is 7.83. The van der Waals surface area contributed by atoms with E-state index >= 15 is 0 Å². The molecule has 0 spiro atoms. The molecule has 0 bridgehead atoms. The van der Waals surface area contributed by atoms with Crippen LogP contribution in [0.1, 0.15) is 12.0 Å². The quantitative estimate of drug-likeness (QED) is 0.927. The molecule has 3 rings (SSSR count). The standard InChI is InChI=1S/C19H18F2N2O/c20-16-5-7-17(8-6-16)22-19(24)14-9-11-23(12-10-14)13-15-3-1-2-4-18(15)21/h1-9H,10-13H2,(H,22,24). The second-order valence-electron chi connectivity index (χ2n) is 5.77. The van der Waals surface area contributed by atoms with Crippen LogP contribution < -0.4 is 5.32 Å². The molecule has 3 nitrogen and oxygen atoms in total. The molecule has 0 unspecified atom stereocenters. The summed E-state index contributed by atoms with van der Waals surface area (Å²) in [6.45, 7) is 1.81. The summed E-state index contributed by atoms with van der Waals surface area (Å²) in [5.74, 6) is -0.720. The summed E-state index contributed by atoms with van der Waals surface area (Å²) in [6, 6.07) is 12.4. The second kappa shape index (κ2) is 7.36. The minimum absolute atomic E-state index is 0.174.